The van der Waals surface area contributed by atoms with Crippen LogP contribution in [0.25, 0.3) is 11.0 Å². The zero-order chi connectivity index (χ0) is 19.2. The lowest BCUT2D eigenvalue weighted by Gasteiger charge is -2.41. The standard InChI is InChI=1S/C21H23N7O/c1-2-9-18-16(7-1)24-21-27-14-26(12-15-6-5-11-29-15)13-23-20(27)25-19(28(18)21)17-8-3-4-10-22-17/h1-4,7-10,15,19H,5-6,11-14H2,(H,23,25)/t15-,19+/m1/s1. The summed E-state index contributed by atoms with van der Waals surface area (Å²) in [6.07, 6.45) is 4.28. The first-order valence-corrected chi connectivity index (χ1v) is 10.2. The lowest BCUT2D eigenvalue weighted by atomic mass is 10.2. The number of hydrogen-bond donors (Lipinski definition) is 1. The number of imidazole rings is 1. The second-order valence-electron chi connectivity index (χ2n) is 7.75. The fraction of sp³-hybridized carbons (Fsp3) is 0.381. The first-order valence-electron chi connectivity index (χ1n) is 10.2. The molecule has 0 spiro atoms. The normalized spacial score (nSPS) is 24.1. The molecular formula is C21H23N7O. The van der Waals surface area contributed by atoms with E-state index in [0.717, 1.165) is 61.3 Å². The van der Waals surface area contributed by atoms with Crippen molar-refractivity contribution >= 4 is 22.9 Å². The van der Waals surface area contributed by atoms with Crippen LogP contribution in [-0.4, -0.2) is 58.0 Å². The van der Waals surface area contributed by atoms with Crippen LogP contribution in [0.15, 0.2) is 53.7 Å². The van der Waals surface area contributed by atoms with Crippen LogP contribution in [0.1, 0.15) is 24.7 Å². The van der Waals surface area contributed by atoms with Gasteiger partial charge in [0.2, 0.25) is 11.9 Å². The van der Waals surface area contributed by atoms with E-state index in [1.54, 1.807) is 0 Å². The molecule has 1 N–H and O–H groups in total. The zero-order valence-electron chi connectivity index (χ0n) is 16.1. The van der Waals surface area contributed by atoms with Crippen molar-refractivity contribution in [3.8, 4) is 0 Å². The third-order valence-electron chi connectivity index (χ3n) is 5.81. The molecule has 6 rings (SSSR count). The monoisotopic (exact) mass is 389 g/mol. The molecule has 2 atom stereocenters. The number of fused-ring (bicyclic) bond motifs is 5. The molecule has 148 valence electrons. The summed E-state index contributed by atoms with van der Waals surface area (Å²) in [4.78, 5) is 18.9. The Hall–Kier alpha value is -2.97. The van der Waals surface area contributed by atoms with Crippen molar-refractivity contribution in [3.05, 3.63) is 54.4 Å². The molecular weight excluding hydrogens is 366 g/mol. The highest BCUT2D eigenvalue weighted by molar-refractivity contribution is 5.98. The number of benzene rings is 1. The molecule has 0 amide bonds. The van der Waals surface area contributed by atoms with Gasteiger partial charge in [0, 0.05) is 19.3 Å². The number of hydrogen-bond acceptors (Lipinski definition) is 7. The summed E-state index contributed by atoms with van der Waals surface area (Å²) in [5.74, 6) is 1.75. The number of pyridine rings is 1. The predicted octanol–water partition coefficient (Wildman–Crippen LogP) is 2.15. The van der Waals surface area contributed by atoms with Gasteiger partial charge < -0.3 is 10.1 Å². The van der Waals surface area contributed by atoms with Crippen molar-refractivity contribution < 1.29 is 4.74 Å². The van der Waals surface area contributed by atoms with Gasteiger partial charge in [-0.15, -0.1) is 0 Å². The summed E-state index contributed by atoms with van der Waals surface area (Å²) < 4.78 is 8.06. The molecule has 1 fully saturated rings. The van der Waals surface area contributed by atoms with E-state index in [1.165, 1.54) is 0 Å². The Morgan fingerprint density at radius 1 is 1.14 bits per heavy atom. The first kappa shape index (κ1) is 16.9. The van der Waals surface area contributed by atoms with Crippen molar-refractivity contribution in [2.75, 3.05) is 31.4 Å². The van der Waals surface area contributed by atoms with Crippen LogP contribution < -0.4 is 10.2 Å². The Balaban J connectivity index is 1.41. The second kappa shape index (κ2) is 6.82. The summed E-state index contributed by atoms with van der Waals surface area (Å²) >= 11 is 0. The molecule has 1 aromatic carbocycles. The van der Waals surface area contributed by atoms with Crippen LogP contribution in [0, 0.1) is 0 Å². The van der Waals surface area contributed by atoms with E-state index >= 15 is 0 Å². The number of aromatic nitrogens is 3. The van der Waals surface area contributed by atoms with E-state index in [-0.39, 0.29) is 6.17 Å². The van der Waals surface area contributed by atoms with Crippen molar-refractivity contribution in [1.82, 2.24) is 24.8 Å². The maximum absolute atomic E-state index is 5.83. The molecule has 0 aliphatic carbocycles. The van der Waals surface area contributed by atoms with Crippen LogP contribution in [-0.2, 0) is 4.74 Å². The summed E-state index contributed by atoms with van der Waals surface area (Å²) in [5.41, 5.74) is 3.00. The number of aliphatic imine (C=N–C) groups is 1. The third kappa shape index (κ3) is 2.87. The van der Waals surface area contributed by atoms with E-state index in [4.69, 9.17) is 14.7 Å². The smallest absolute Gasteiger partial charge is 0.216 e. The zero-order valence-corrected chi connectivity index (χ0v) is 16.1. The molecule has 2 aromatic heterocycles. The molecule has 0 saturated carbocycles. The van der Waals surface area contributed by atoms with Gasteiger partial charge in [-0.05, 0) is 37.1 Å². The van der Waals surface area contributed by atoms with E-state index < -0.39 is 0 Å². The Bertz CT molecular complexity index is 1060. The molecule has 3 aliphatic heterocycles. The molecule has 5 heterocycles. The van der Waals surface area contributed by atoms with Crippen molar-refractivity contribution in [2.45, 2.75) is 25.1 Å². The minimum absolute atomic E-state index is 0.140. The number of rotatable bonds is 3. The van der Waals surface area contributed by atoms with Gasteiger partial charge >= 0.3 is 0 Å². The Morgan fingerprint density at radius 3 is 2.93 bits per heavy atom. The van der Waals surface area contributed by atoms with Gasteiger partial charge in [0.1, 0.15) is 0 Å². The summed E-state index contributed by atoms with van der Waals surface area (Å²) in [6.45, 7) is 3.18. The molecule has 8 nitrogen and oxygen atoms in total. The Labute approximate surface area is 168 Å². The van der Waals surface area contributed by atoms with Gasteiger partial charge in [-0.2, -0.15) is 0 Å². The quantitative estimate of drug-likeness (QED) is 0.740. The minimum atomic E-state index is -0.140. The van der Waals surface area contributed by atoms with Crippen LogP contribution in [0.2, 0.25) is 0 Å². The van der Waals surface area contributed by atoms with Gasteiger partial charge in [0.15, 0.2) is 6.17 Å². The number of nitrogens with zero attached hydrogens (tertiary/aromatic N) is 6. The Morgan fingerprint density at radius 2 is 2.07 bits per heavy atom. The second-order valence-corrected chi connectivity index (χ2v) is 7.75. The number of ether oxygens (including phenoxy) is 1. The van der Waals surface area contributed by atoms with E-state index in [0.29, 0.717) is 12.8 Å². The van der Waals surface area contributed by atoms with Gasteiger partial charge in [-0.3, -0.25) is 19.4 Å². The molecule has 3 aromatic rings. The van der Waals surface area contributed by atoms with Crippen LogP contribution in [0.5, 0.6) is 0 Å². The average Bonchev–Trinajstić information content (AvgIpc) is 3.42. The lowest BCUT2D eigenvalue weighted by molar-refractivity contribution is 0.0732. The topological polar surface area (TPSA) is 70.8 Å². The van der Waals surface area contributed by atoms with Gasteiger partial charge in [-0.1, -0.05) is 18.2 Å². The van der Waals surface area contributed by atoms with E-state index in [1.807, 2.05) is 30.5 Å². The third-order valence-corrected chi connectivity index (χ3v) is 5.81. The van der Waals surface area contributed by atoms with Gasteiger partial charge in [0.25, 0.3) is 0 Å². The lowest BCUT2D eigenvalue weighted by Crippen LogP contribution is -2.58. The highest BCUT2D eigenvalue weighted by Gasteiger charge is 2.36. The van der Waals surface area contributed by atoms with E-state index in [2.05, 4.69) is 42.9 Å². The fourth-order valence-corrected chi connectivity index (χ4v) is 4.44. The van der Waals surface area contributed by atoms with Gasteiger partial charge in [0.05, 0.1) is 36.2 Å². The highest BCUT2D eigenvalue weighted by atomic mass is 16.5. The molecule has 1 saturated heterocycles. The highest BCUT2D eigenvalue weighted by Crippen LogP contribution is 2.33. The molecule has 29 heavy (non-hydrogen) atoms. The average molecular weight is 389 g/mol. The largest absolute Gasteiger partial charge is 0.377 e. The summed E-state index contributed by atoms with van der Waals surface area (Å²) in [7, 11) is 0. The maximum atomic E-state index is 5.83. The van der Waals surface area contributed by atoms with Crippen LogP contribution in [0.3, 0.4) is 0 Å². The van der Waals surface area contributed by atoms with E-state index in [9.17, 15) is 0 Å². The van der Waals surface area contributed by atoms with Crippen molar-refractivity contribution in [2.24, 2.45) is 4.99 Å². The van der Waals surface area contributed by atoms with Crippen LogP contribution >= 0.6 is 0 Å². The molecule has 0 unspecified atom stereocenters. The van der Waals surface area contributed by atoms with Crippen LogP contribution in [0.4, 0.5) is 5.95 Å². The molecule has 8 heteroatoms. The number of nitrogens with one attached hydrogen (secondary N) is 1. The maximum Gasteiger partial charge on any atom is 0.216 e. The first-order chi connectivity index (χ1) is 14.4. The number of para-hydroxylation sites is 2. The minimum Gasteiger partial charge on any atom is -0.377 e. The summed E-state index contributed by atoms with van der Waals surface area (Å²) in [5, 5.41) is 3.60. The number of guanidine groups is 1. The molecule has 0 radical (unpaired) electrons. The molecule has 3 aliphatic rings. The SMILES string of the molecule is c1ccc([C@H]2NC3=NCN(C[C@H]4CCCO4)CN3c3nc4ccccc4n32)nc1. The predicted molar refractivity (Wildman–Crippen MR) is 111 cm³/mol. The van der Waals surface area contributed by atoms with Crippen molar-refractivity contribution in [3.63, 3.8) is 0 Å². The molecule has 0 bridgehead atoms. The summed E-state index contributed by atoms with van der Waals surface area (Å²) in [6, 6.07) is 14.2. The Kier molecular flexibility index (Phi) is 3.98. The number of anilines is 1. The van der Waals surface area contributed by atoms with Gasteiger partial charge in [-0.25, -0.2) is 9.98 Å². The fourth-order valence-electron chi connectivity index (χ4n) is 4.44. The van der Waals surface area contributed by atoms with Crippen molar-refractivity contribution in [1.29, 1.82) is 0 Å².